The van der Waals surface area contributed by atoms with Gasteiger partial charge in [0.15, 0.2) is 0 Å². The van der Waals surface area contributed by atoms with Gasteiger partial charge in [0.25, 0.3) is 0 Å². The molecule has 1 aliphatic heterocycles. The minimum Gasteiger partial charge on any atom is -0.313 e. The minimum absolute atomic E-state index is 0.180. The van der Waals surface area contributed by atoms with Gasteiger partial charge < -0.3 is 5.32 Å². The van der Waals surface area contributed by atoms with Crippen LogP contribution in [0, 0.1) is 5.92 Å². The van der Waals surface area contributed by atoms with Crippen molar-refractivity contribution in [2.45, 2.75) is 18.9 Å². The van der Waals surface area contributed by atoms with E-state index in [0.717, 1.165) is 23.4 Å². The van der Waals surface area contributed by atoms with Gasteiger partial charge in [-0.15, -0.1) is 0 Å². The van der Waals surface area contributed by atoms with Crippen LogP contribution in [-0.4, -0.2) is 27.0 Å². The SMILES string of the molecule is CNC(c1cccc(Cl)c1)C1CCS(=O)(=O)CC1. The summed E-state index contributed by atoms with van der Waals surface area (Å²) >= 11 is 6.01. The van der Waals surface area contributed by atoms with Gasteiger partial charge in [-0.3, -0.25) is 0 Å². The first kappa shape index (κ1) is 13.8. The molecule has 1 aromatic carbocycles. The molecule has 0 radical (unpaired) electrons. The highest BCUT2D eigenvalue weighted by Crippen LogP contribution is 2.32. The molecule has 0 amide bonds. The van der Waals surface area contributed by atoms with E-state index in [0.29, 0.717) is 17.4 Å². The first-order valence-corrected chi connectivity index (χ1v) is 8.35. The Morgan fingerprint density at radius 2 is 2.00 bits per heavy atom. The molecule has 3 nitrogen and oxygen atoms in total. The standard InChI is InChI=1S/C13H18ClNO2S/c1-15-13(11-3-2-4-12(14)9-11)10-5-7-18(16,17)8-6-10/h2-4,9-10,13,15H,5-8H2,1H3. The van der Waals surface area contributed by atoms with E-state index in [1.165, 1.54) is 0 Å². The highest BCUT2D eigenvalue weighted by molar-refractivity contribution is 7.91. The minimum atomic E-state index is -2.80. The molecular weight excluding hydrogens is 270 g/mol. The van der Waals surface area contributed by atoms with Gasteiger partial charge in [-0.1, -0.05) is 23.7 Å². The van der Waals surface area contributed by atoms with Crippen molar-refractivity contribution < 1.29 is 8.42 Å². The number of sulfone groups is 1. The number of rotatable bonds is 3. The summed E-state index contributed by atoms with van der Waals surface area (Å²) < 4.78 is 22.9. The van der Waals surface area contributed by atoms with E-state index in [4.69, 9.17) is 11.6 Å². The summed E-state index contributed by atoms with van der Waals surface area (Å²) in [6, 6.07) is 7.95. The van der Waals surface area contributed by atoms with Gasteiger partial charge in [0.2, 0.25) is 0 Å². The summed E-state index contributed by atoms with van der Waals surface area (Å²) in [6.45, 7) is 0. The third-order valence-corrected chi connectivity index (χ3v) is 5.54. The maximum atomic E-state index is 11.5. The van der Waals surface area contributed by atoms with Crippen molar-refractivity contribution in [2.24, 2.45) is 5.92 Å². The largest absolute Gasteiger partial charge is 0.313 e. The zero-order valence-electron chi connectivity index (χ0n) is 10.4. The number of hydrogen-bond acceptors (Lipinski definition) is 3. The molecule has 0 aromatic heterocycles. The van der Waals surface area contributed by atoms with Gasteiger partial charge >= 0.3 is 0 Å². The van der Waals surface area contributed by atoms with E-state index in [-0.39, 0.29) is 6.04 Å². The molecule has 1 N–H and O–H groups in total. The van der Waals surface area contributed by atoms with Gasteiger partial charge in [0.1, 0.15) is 9.84 Å². The number of halogens is 1. The van der Waals surface area contributed by atoms with Crippen molar-refractivity contribution >= 4 is 21.4 Å². The van der Waals surface area contributed by atoms with Crippen LogP contribution in [0.4, 0.5) is 0 Å². The van der Waals surface area contributed by atoms with Crippen molar-refractivity contribution in [1.82, 2.24) is 5.32 Å². The molecule has 5 heteroatoms. The van der Waals surface area contributed by atoms with Crippen LogP contribution in [0.2, 0.25) is 5.02 Å². The summed E-state index contributed by atoms with van der Waals surface area (Å²) in [5, 5.41) is 4.01. The van der Waals surface area contributed by atoms with Gasteiger partial charge in [-0.05, 0) is 43.5 Å². The molecule has 1 aliphatic rings. The molecule has 1 aromatic rings. The first-order valence-electron chi connectivity index (χ1n) is 6.15. The molecule has 1 unspecified atom stereocenters. The Morgan fingerprint density at radius 3 is 2.56 bits per heavy atom. The molecule has 0 bridgehead atoms. The Labute approximate surface area is 113 Å². The lowest BCUT2D eigenvalue weighted by molar-refractivity contribution is 0.350. The molecule has 0 aliphatic carbocycles. The van der Waals surface area contributed by atoms with Crippen LogP contribution in [0.1, 0.15) is 24.4 Å². The van der Waals surface area contributed by atoms with Crippen LogP contribution < -0.4 is 5.32 Å². The molecule has 1 heterocycles. The highest BCUT2D eigenvalue weighted by atomic mass is 35.5. The van der Waals surface area contributed by atoms with E-state index in [9.17, 15) is 8.42 Å². The zero-order chi connectivity index (χ0) is 13.2. The molecule has 18 heavy (non-hydrogen) atoms. The average molecular weight is 288 g/mol. The smallest absolute Gasteiger partial charge is 0.150 e. The Hall–Kier alpha value is -0.580. The molecule has 0 saturated carbocycles. The highest BCUT2D eigenvalue weighted by Gasteiger charge is 2.29. The van der Waals surface area contributed by atoms with Crippen molar-refractivity contribution in [3.05, 3.63) is 34.9 Å². The lowest BCUT2D eigenvalue weighted by Gasteiger charge is -2.30. The monoisotopic (exact) mass is 287 g/mol. The fourth-order valence-electron chi connectivity index (χ4n) is 2.62. The second-order valence-corrected chi connectivity index (χ2v) is 7.55. The molecule has 1 saturated heterocycles. The van der Waals surface area contributed by atoms with Gasteiger partial charge in [-0.25, -0.2) is 8.42 Å². The van der Waals surface area contributed by atoms with Crippen LogP contribution in [-0.2, 0) is 9.84 Å². The fraction of sp³-hybridized carbons (Fsp3) is 0.538. The van der Waals surface area contributed by atoms with E-state index in [1.54, 1.807) is 0 Å². The summed E-state index contributed by atoms with van der Waals surface area (Å²) in [6.07, 6.45) is 1.45. The summed E-state index contributed by atoms with van der Waals surface area (Å²) in [5.74, 6) is 0.962. The van der Waals surface area contributed by atoms with E-state index in [2.05, 4.69) is 5.32 Å². The lowest BCUT2D eigenvalue weighted by Crippen LogP contribution is -2.32. The zero-order valence-corrected chi connectivity index (χ0v) is 12.0. The quantitative estimate of drug-likeness (QED) is 0.929. The lowest BCUT2D eigenvalue weighted by atomic mass is 9.88. The van der Waals surface area contributed by atoms with Crippen LogP contribution in [0.3, 0.4) is 0 Å². The maximum absolute atomic E-state index is 11.5. The summed E-state index contributed by atoms with van der Waals surface area (Å²) in [5.41, 5.74) is 1.13. The first-order chi connectivity index (χ1) is 8.52. The normalized spacial score (nSPS) is 21.7. The van der Waals surface area contributed by atoms with Crippen molar-refractivity contribution in [3.63, 3.8) is 0 Å². The Kier molecular flexibility index (Phi) is 4.30. The van der Waals surface area contributed by atoms with Gasteiger partial charge in [-0.2, -0.15) is 0 Å². The number of nitrogens with one attached hydrogen (secondary N) is 1. The second-order valence-electron chi connectivity index (χ2n) is 4.81. The molecule has 0 spiro atoms. The van der Waals surface area contributed by atoms with E-state index >= 15 is 0 Å². The molecule has 1 fully saturated rings. The molecule has 100 valence electrons. The maximum Gasteiger partial charge on any atom is 0.150 e. The number of hydrogen-bond donors (Lipinski definition) is 1. The molecular formula is C13H18ClNO2S. The van der Waals surface area contributed by atoms with Gasteiger partial charge in [0, 0.05) is 11.1 Å². The predicted molar refractivity (Wildman–Crippen MR) is 74.6 cm³/mol. The fourth-order valence-corrected chi connectivity index (χ4v) is 4.34. The van der Waals surface area contributed by atoms with Crippen molar-refractivity contribution in [1.29, 1.82) is 0 Å². The molecule has 2 rings (SSSR count). The van der Waals surface area contributed by atoms with Crippen molar-refractivity contribution in [3.8, 4) is 0 Å². The summed E-state index contributed by atoms with van der Waals surface area (Å²) in [7, 11) is -0.890. The topological polar surface area (TPSA) is 46.2 Å². The second kappa shape index (κ2) is 5.59. The summed E-state index contributed by atoms with van der Waals surface area (Å²) in [4.78, 5) is 0. The van der Waals surface area contributed by atoms with Gasteiger partial charge in [0.05, 0.1) is 11.5 Å². The predicted octanol–water partition coefficient (Wildman–Crippen LogP) is 2.43. The Balaban J connectivity index is 2.15. The Bertz CT molecular complexity index is 501. The van der Waals surface area contributed by atoms with Crippen molar-refractivity contribution in [2.75, 3.05) is 18.6 Å². The molecule has 1 atom stereocenters. The van der Waals surface area contributed by atoms with Crippen LogP contribution in [0.15, 0.2) is 24.3 Å². The van der Waals surface area contributed by atoms with Crippen LogP contribution in [0.25, 0.3) is 0 Å². The number of benzene rings is 1. The Morgan fingerprint density at radius 1 is 1.33 bits per heavy atom. The van der Waals surface area contributed by atoms with Crippen LogP contribution >= 0.6 is 11.6 Å². The van der Waals surface area contributed by atoms with E-state index < -0.39 is 9.84 Å². The third kappa shape index (κ3) is 3.25. The van der Waals surface area contributed by atoms with Crippen LogP contribution in [0.5, 0.6) is 0 Å². The third-order valence-electron chi connectivity index (χ3n) is 3.59. The average Bonchev–Trinajstić information content (AvgIpc) is 2.32. The van der Waals surface area contributed by atoms with E-state index in [1.807, 2.05) is 31.3 Å².